The smallest absolute Gasteiger partial charge is 0.0602 e. The van der Waals surface area contributed by atoms with Crippen LogP contribution in [0.1, 0.15) is 16.4 Å². The molecule has 0 saturated heterocycles. The molecule has 0 aliphatic heterocycles. The fraction of sp³-hybridized carbons (Fsp3) is 0.143. The van der Waals surface area contributed by atoms with Crippen LogP contribution in [0.3, 0.4) is 0 Å². The van der Waals surface area contributed by atoms with Gasteiger partial charge in [-0.25, -0.2) is 0 Å². The number of benzene rings is 1. The first kappa shape index (κ1) is 12.2. The van der Waals surface area contributed by atoms with E-state index < -0.39 is 0 Å². The minimum atomic E-state index is 0.352. The average Bonchev–Trinajstić information content (AvgIpc) is 2.29. The van der Waals surface area contributed by atoms with Crippen molar-refractivity contribution in [1.29, 1.82) is 0 Å². The summed E-state index contributed by atoms with van der Waals surface area (Å²) in [7, 11) is 0. The molecule has 0 saturated carbocycles. The summed E-state index contributed by atoms with van der Waals surface area (Å²) in [5.74, 6) is 0. The summed E-state index contributed by atoms with van der Waals surface area (Å²) in [6, 6.07) is 10.4. The van der Waals surface area contributed by atoms with Crippen LogP contribution in [0.2, 0.25) is 0 Å². The number of halogens is 1. The molecule has 15 heavy (non-hydrogen) atoms. The monoisotopic (exact) mass is 310 g/mol. The molecule has 0 heterocycles. The van der Waals surface area contributed by atoms with Crippen LogP contribution >= 0.6 is 22.6 Å². The van der Waals surface area contributed by atoms with Crippen molar-refractivity contribution in [3.8, 4) is 0 Å². The van der Waals surface area contributed by atoms with E-state index in [0.717, 1.165) is 5.57 Å². The fourth-order valence-corrected chi connectivity index (χ4v) is 1.83. The van der Waals surface area contributed by atoms with Gasteiger partial charge < -0.3 is 0 Å². The molecule has 1 unspecified atom stereocenters. The number of rotatable bonds is 4. The summed E-state index contributed by atoms with van der Waals surface area (Å²) >= 11 is 2.41. The molecule has 1 heteroatoms. The Morgan fingerprint density at radius 1 is 1.27 bits per heavy atom. The zero-order valence-corrected chi connectivity index (χ0v) is 11.0. The van der Waals surface area contributed by atoms with Gasteiger partial charge in [-0.15, -0.1) is 0 Å². The van der Waals surface area contributed by atoms with Gasteiger partial charge in [-0.3, -0.25) is 0 Å². The van der Waals surface area contributed by atoms with Gasteiger partial charge in [0.1, 0.15) is 0 Å². The van der Waals surface area contributed by atoms with E-state index >= 15 is 0 Å². The molecule has 0 fully saturated rings. The molecule has 0 aliphatic rings. The number of hydrogen-bond donors (Lipinski definition) is 0. The third-order valence-corrected chi connectivity index (χ3v) is 3.55. The van der Waals surface area contributed by atoms with E-state index in [2.05, 4.69) is 59.5 Å². The molecule has 0 nitrogen and oxygen atoms in total. The molecule has 0 bridgehead atoms. The first-order valence-corrected chi connectivity index (χ1v) is 6.17. The van der Waals surface area contributed by atoms with Crippen molar-refractivity contribution in [3.63, 3.8) is 0 Å². The molecular weight excluding hydrogens is 295 g/mol. The van der Waals surface area contributed by atoms with Crippen LogP contribution in [0, 0.1) is 0 Å². The van der Waals surface area contributed by atoms with Crippen LogP contribution < -0.4 is 0 Å². The highest BCUT2D eigenvalue weighted by Crippen LogP contribution is 2.30. The van der Waals surface area contributed by atoms with Crippen molar-refractivity contribution in [2.75, 3.05) is 0 Å². The Morgan fingerprint density at radius 2 is 1.93 bits per heavy atom. The summed E-state index contributed by atoms with van der Waals surface area (Å²) in [5.41, 5.74) is 2.42. The number of allylic oxidation sites excluding steroid dienone is 5. The second kappa shape index (κ2) is 6.62. The molecule has 1 rings (SSSR count). The normalized spacial score (nSPS) is 13.5. The summed E-state index contributed by atoms with van der Waals surface area (Å²) in [6.07, 6.45) is 8.11. The highest BCUT2D eigenvalue weighted by Gasteiger charge is 2.07. The van der Waals surface area contributed by atoms with E-state index in [0.29, 0.717) is 3.92 Å². The maximum absolute atomic E-state index is 4.07. The van der Waals surface area contributed by atoms with Crippen LogP contribution in [0.15, 0.2) is 66.8 Å². The minimum Gasteiger partial charge on any atom is -0.0944 e. The first-order valence-electron chi connectivity index (χ1n) is 4.93. The van der Waals surface area contributed by atoms with Gasteiger partial charge in [0.2, 0.25) is 0 Å². The van der Waals surface area contributed by atoms with Gasteiger partial charge >= 0.3 is 0 Å². The summed E-state index contributed by atoms with van der Waals surface area (Å²) < 4.78 is 0.352. The van der Waals surface area contributed by atoms with Gasteiger partial charge in [0.05, 0.1) is 3.92 Å². The zero-order chi connectivity index (χ0) is 11.1. The van der Waals surface area contributed by atoms with E-state index in [1.807, 2.05) is 31.2 Å². The lowest BCUT2D eigenvalue weighted by Crippen LogP contribution is -1.90. The van der Waals surface area contributed by atoms with Gasteiger partial charge in [-0.2, -0.15) is 0 Å². The van der Waals surface area contributed by atoms with Crippen LogP contribution in [0.5, 0.6) is 0 Å². The third kappa shape index (κ3) is 4.04. The van der Waals surface area contributed by atoms with Crippen molar-refractivity contribution >= 4 is 22.6 Å². The minimum absolute atomic E-state index is 0.352. The lowest BCUT2D eigenvalue weighted by atomic mass is 10.1. The Balaban J connectivity index is 2.69. The van der Waals surface area contributed by atoms with Gasteiger partial charge in [-0.05, 0) is 18.1 Å². The zero-order valence-electron chi connectivity index (χ0n) is 8.86. The number of alkyl halides is 1. The topological polar surface area (TPSA) is 0 Å². The Bertz CT molecular complexity index is 360. The SMILES string of the molecule is C=C(/C=C\C=C/C)C(I)c1ccccc1. The fourth-order valence-electron chi connectivity index (χ4n) is 1.21. The predicted molar refractivity (Wildman–Crippen MR) is 76.3 cm³/mol. The standard InChI is InChI=1S/C14H15I/c1-3-4-6-9-12(2)14(15)13-10-7-5-8-11-13/h3-11,14H,2H2,1H3/b4-3-,9-6-. The van der Waals surface area contributed by atoms with E-state index in [4.69, 9.17) is 0 Å². The van der Waals surface area contributed by atoms with E-state index in [-0.39, 0.29) is 0 Å². The highest BCUT2D eigenvalue weighted by atomic mass is 127. The summed E-state index contributed by atoms with van der Waals surface area (Å²) in [4.78, 5) is 0. The molecule has 1 aromatic carbocycles. The molecule has 1 atom stereocenters. The Hall–Kier alpha value is -0.830. The lowest BCUT2D eigenvalue weighted by molar-refractivity contribution is 1.21. The molecular formula is C14H15I. The van der Waals surface area contributed by atoms with Crippen molar-refractivity contribution in [2.24, 2.45) is 0 Å². The average molecular weight is 310 g/mol. The lowest BCUT2D eigenvalue weighted by Gasteiger charge is -2.09. The molecule has 0 N–H and O–H groups in total. The number of hydrogen-bond acceptors (Lipinski definition) is 0. The third-order valence-electron chi connectivity index (χ3n) is 2.03. The second-order valence-electron chi connectivity index (χ2n) is 3.23. The summed E-state index contributed by atoms with van der Waals surface area (Å²) in [5, 5.41) is 0. The van der Waals surface area contributed by atoms with Crippen LogP contribution in [-0.2, 0) is 0 Å². The predicted octanol–water partition coefficient (Wildman–Crippen LogP) is 4.85. The van der Waals surface area contributed by atoms with Crippen molar-refractivity contribution in [2.45, 2.75) is 10.8 Å². The maximum Gasteiger partial charge on any atom is 0.0602 e. The quantitative estimate of drug-likeness (QED) is 0.423. The van der Waals surface area contributed by atoms with Gasteiger partial charge in [0, 0.05) is 0 Å². The van der Waals surface area contributed by atoms with Crippen LogP contribution in [0.25, 0.3) is 0 Å². The Morgan fingerprint density at radius 3 is 2.53 bits per heavy atom. The van der Waals surface area contributed by atoms with Gasteiger partial charge in [0.15, 0.2) is 0 Å². The van der Waals surface area contributed by atoms with Gasteiger partial charge in [0.25, 0.3) is 0 Å². The molecule has 0 aromatic heterocycles. The van der Waals surface area contributed by atoms with Crippen LogP contribution in [-0.4, -0.2) is 0 Å². The van der Waals surface area contributed by atoms with Crippen molar-refractivity contribution in [1.82, 2.24) is 0 Å². The van der Waals surface area contributed by atoms with Gasteiger partial charge in [-0.1, -0.05) is 83.8 Å². The largest absolute Gasteiger partial charge is 0.0944 e. The molecule has 1 aromatic rings. The summed E-state index contributed by atoms with van der Waals surface area (Å²) in [6.45, 7) is 6.08. The molecule has 0 aliphatic carbocycles. The van der Waals surface area contributed by atoms with Crippen molar-refractivity contribution in [3.05, 3.63) is 72.4 Å². The maximum atomic E-state index is 4.07. The highest BCUT2D eigenvalue weighted by molar-refractivity contribution is 14.1. The molecule has 0 spiro atoms. The van der Waals surface area contributed by atoms with Crippen LogP contribution in [0.4, 0.5) is 0 Å². The second-order valence-corrected chi connectivity index (χ2v) is 4.48. The Labute approximate surface area is 106 Å². The van der Waals surface area contributed by atoms with E-state index in [1.165, 1.54) is 5.56 Å². The van der Waals surface area contributed by atoms with Crippen molar-refractivity contribution < 1.29 is 0 Å². The van der Waals surface area contributed by atoms with E-state index in [9.17, 15) is 0 Å². The molecule has 0 amide bonds. The Kier molecular flexibility index (Phi) is 5.40. The molecule has 78 valence electrons. The first-order chi connectivity index (χ1) is 7.25. The molecule has 0 radical (unpaired) electrons. The van der Waals surface area contributed by atoms with E-state index in [1.54, 1.807) is 0 Å².